The number of fused-ring (bicyclic) bond motifs is 1. The van der Waals surface area contributed by atoms with Gasteiger partial charge in [-0.25, -0.2) is 0 Å². The van der Waals surface area contributed by atoms with E-state index in [0.29, 0.717) is 27.7 Å². The first-order valence-corrected chi connectivity index (χ1v) is 10.4. The van der Waals surface area contributed by atoms with Crippen LogP contribution in [-0.2, 0) is 17.6 Å². The first kappa shape index (κ1) is 17.6. The van der Waals surface area contributed by atoms with Gasteiger partial charge in [0.25, 0.3) is 11.8 Å². The van der Waals surface area contributed by atoms with Crippen LogP contribution in [0.4, 0.5) is 5.00 Å². The van der Waals surface area contributed by atoms with Crippen molar-refractivity contribution in [1.29, 1.82) is 0 Å². The number of thiophene rings is 1. The largest absolute Gasteiger partial charge is 0.376 e. The van der Waals surface area contributed by atoms with E-state index >= 15 is 0 Å². The highest BCUT2D eigenvalue weighted by atomic mass is 32.1. The second-order valence-corrected chi connectivity index (χ2v) is 8.41. The van der Waals surface area contributed by atoms with E-state index in [-0.39, 0.29) is 17.9 Å². The second kappa shape index (κ2) is 7.42. The quantitative estimate of drug-likeness (QED) is 0.816. The lowest BCUT2D eigenvalue weighted by molar-refractivity contribution is 0.0858. The summed E-state index contributed by atoms with van der Waals surface area (Å²) in [5.41, 5.74) is 2.29. The predicted octanol–water partition coefficient (Wildman–Crippen LogP) is 2.56. The van der Waals surface area contributed by atoms with Crippen molar-refractivity contribution in [2.24, 2.45) is 0 Å². The maximum absolute atomic E-state index is 12.8. The lowest BCUT2D eigenvalue weighted by Crippen LogP contribution is -2.32. The number of anilines is 1. The highest BCUT2D eigenvalue weighted by molar-refractivity contribution is 7.17. The van der Waals surface area contributed by atoms with Crippen molar-refractivity contribution in [3.63, 3.8) is 0 Å². The Hall–Kier alpha value is -1.84. The van der Waals surface area contributed by atoms with E-state index in [4.69, 9.17) is 4.74 Å². The number of nitrogens with one attached hydrogen (secondary N) is 2. The number of carbonyl (C=O) groups is 2. The number of aryl methyl sites for hydroxylation is 2. The molecule has 0 bridgehead atoms. The zero-order chi connectivity index (χ0) is 18.1. The molecule has 2 aromatic rings. The maximum atomic E-state index is 12.8. The highest BCUT2D eigenvalue weighted by Crippen LogP contribution is 2.39. The van der Waals surface area contributed by atoms with Crippen LogP contribution in [0.2, 0.25) is 0 Å². The summed E-state index contributed by atoms with van der Waals surface area (Å²) < 4.78 is 9.38. The Kier molecular flexibility index (Phi) is 5.01. The van der Waals surface area contributed by atoms with Crippen LogP contribution in [0.25, 0.3) is 0 Å². The number of hydrogen-bond acceptors (Lipinski definition) is 7. The monoisotopic (exact) mass is 392 g/mol. The van der Waals surface area contributed by atoms with Crippen LogP contribution in [0.1, 0.15) is 55.4 Å². The topological polar surface area (TPSA) is 93.2 Å². The Morgan fingerprint density at radius 1 is 1.27 bits per heavy atom. The van der Waals surface area contributed by atoms with Crippen LogP contribution in [0, 0.1) is 6.92 Å². The van der Waals surface area contributed by atoms with Crippen molar-refractivity contribution in [1.82, 2.24) is 14.9 Å². The number of nitrogens with zero attached hydrogens (tertiary/aromatic N) is 2. The first-order valence-electron chi connectivity index (χ1n) is 8.78. The van der Waals surface area contributed by atoms with Crippen molar-refractivity contribution < 1.29 is 14.3 Å². The molecule has 1 saturated heterocycles. The summed E-state index contributed by atoms with van der Waals surface area (Å²) in [7, 11) is 0. The molecule has 0 spiro atoms. The molecule has 9 heteroatoms. The molecule has 26 heavy (non-hydrogen) atoms. The summed E-state index contributed by atoms with van der Waals surface area (Å²) in [6, 6.07) is 0. The summed E-state index contributed by atoms with van der Waals surface area (Å²) >= 11 is 2.57. The van der Waals surface area contributed by atoms with Crippen LogP contribution in [-0.4, -0.2) is 40.7 Å². The Morgan fingerprint density at radius 2 is 2.15 bits per heavy atom. The third-order valence-electron chi connectivity index (χ3n) is 4.75. The molecular formula is C17H20N4O3S2. The van der Waals surface area contributed by atoms with Gasteiger partial charge >= 0.3 is 0 Å². The molecule has 2 amide bonds. The molecule has 3 heterocycles. The molecule has 0 radical (unpaired) electrons. The molecule has 2 N–H and O–H groups in total. The van der Waals surface area contributed by atoms with E-state index in [9.17, 15) is 9.59 Å². The number of aromatic nitrogens is 2. The lowest BCUT2D eigenvalue weighted by atomic mass is 10.1. The fraction of sp³-hybridized carbons (Fsp3) is 0.529. The number of carbonyl (C=O) groups excluding carboxylic acids is 2. The van der Waals surface area contributed by atoms with Gasteiger partial charge in [0.1, 0.15) is 9.88 Å². The first-order chi connectivity index (χ1) is 12.6. The number of ether oxygens (including phenoxy) is 1. The van der Waals surface area contributed by atoms with Crippen molar-refractivity contribution in [3.05, 3.63) is 26.6 Å². The maximum Gasteiger partial charge on any atom is 0.269 e. The van der Waals surface area contributed by atoms with Crippen molar-refractivity contribution in [2.45, 2.75) is 45.1 Å². The minimum absolute atomic E-state index is 0.0922. The van der Waals surface area contributed by atoms with E-state index in [2.05, 4.69) is 20.2 Å². The Morgan fingerprint density at radius 3 is 2.88 bits per heavy atom. The van der Waals surface area contributed by atoms with Crippen LogP contribution >= 0.6 is 22.9 Å². The average molecular weight is 393 g/mol. The van der Waals surface area contributed by atoms with Gasteiger partial charge in [-0.3, -0.25) is 9.59 Å². The van der Waals surface area contributed by atoms with Crippen molar-refractivity contribution in [2.75, 3.05) is 18.5 Å². The van der Waals surface area contributed by atoms with Crippen LogP contribution in [0.15, 0.2) is 0 Å². The van der Waals surface area contributed by atoms with Gasteiger partial charge in [0.15, 0.2) is 0 Å². The Labute approximate surface area is 159 Å². The summed E-state index contributed by atoms with van der Waals surface area (Å²) in [6.07, 6.45) is 5.00. The predicted molar refractivity (Wildman–Crippen MR) is 100 cm³/mol. The Bertz CT molecular complexity index is 839. The third kappa shape index (κ3) is 3.38. The van der Waals surface area contributed by atoms with Crippen LogP contribution < -0.4 is 10.6 Å². The SMILES string of the molecule is Cc1nnsc1C(=O)Nc1sc2c(c1C(=O)NCC1CCCO1)CCC2. The minimum Gasteiger partial charge on any atom is -0.376 e. The van der Waals surface area contributed by atoms with Gasteiger partial charge in [0.05, 0.1) is 17.4 Å². The lowest BCUT2D eigenvalue weighted by Gasteiger charge is -2.12. The number of hydrogen-bond donors (Lipinski definition) is 2. The minimum atomic E-state index is -0.259. The standard InChI is InChI=1S/C17H20N4O3S2/c1-9-14(26-21-20-9)16(23)19-17-13(11-5-2-6-12(11)25-17)15(22)18-8-10-4-3-7-24-10/h10H,2-8H2,1H3,(H,18,22)(H,19,23). The molecule has 1 fully saturated rings. The van der Waals surface area contributed by atoms with E-state index < -0.39 is 0 Å². The van der Waals surface area contributed by atoms with Gasteiger partial charge in [-0.2, -0.15) is 0 Å². The van der Waals surface area contributed by atoms with E-state index in [1.807, 2.05) is 0 Å². The molecule has 7 nitrogen and oxygen atoms in total. The average Bonchev–Trinajstić information content (AvgIpc) is 3.37. The smallest absolute Gasteiger partial charge is 0.269 e. The molecule has 1 aliphatic heterocycles. The van der Waals surface area contributed by atoms with Gasteiger partial charge < -0.3 is 15.4 Å². The molecule has 0 saturated carbocycles. The van der Waals surface area contributed by atoms with Gasteiger partial charge in [0.2, 0.25) is 0 Å². The van der Waals surface area contributed by atoms with E-state index in [1.165, 1.54) is 16.2 Å². The number of amides is 2. The molecule has 138 valence electrons. The normalized spacial score (nSPS) is 18.7. The molecule has 2 aliphatic rings. The third-order valence-corrected chi connectivity index (χ3v) is 6.78. The highest BCUT2D eigenvalue weighted by Gasteiger charge is 2.29. The molecule has 1 atom stereocenters. The second-order valence-electron chi connectivity index (χ2n) is 6.55. The molecule has 2 aromatic heterocycles. The fourth-order valence-corrected chi connectivity index (χ4v) is 5.27. The van der Waals surface area contributed by atoms with Gasteiger partial charge in [-0.05, 0) is 56.1 Å². The summed E-state index contributed by atoms with van der Waals surface area (Å²) in [5, 5.41) is 10.4. The zero-order valence-corrected chi connectivity index (χ0v) is 16.1. The summed E-state index contributed by atoms with van der Waals surface area (Å²) in [5.74, 6) is -0.389. The van der Waals surface area contributed by atoms with Crippen molar-refractivity contribution in [3.8, 4) is 0 Å². The molecule has 0 aromatic carbocycles. The molecule has 1 aliphatic carbocycles. The van der Waals surface area contributed by atoms with Gasteiger partial charge in [0, 0.05) is 18.0 Å². The summed E-state index contributed by atoms with van der Waals surface area (Å²) in [4.78, 5) is 27.1. The molecule has 4 rings (SSSR count). The van der Waals surface area contributed by atoms with E-state index in [0.717, 1.165) is 55.8 Å². The Balaban J connectivity index is 1.54. The fourth-order valence-electron chi connectivity index (χ4n) is 3.43. The number of rotatable bonds is 5. The van der Waals surface area contributed by atoms with Crippen LogP contribution in [0.5, 0.6) is 0 Å². The van der Waals surface area contributed by atoms with Gasteiger partial charge in [-0.15, -0.1) is 16.4 Å². The van der Waals surface area contributed by atoms with E-state index in [1.54, 1.807) is 6.92 Å². The molecular weight excluding hydrogens is 372 g/mol. The summed E-state index contributed by atoms with van der Waals surface area (Å²) in [6.45, 7) is 3.02. The van der Waals surface area contributed by atoms with Crippen LogP contribution in [0.3, 0.4) is 0 Å². The zero-order valence-electron chi connectivity index (χ0n) is 14.5. The van der Waals surface area contributed by atoms with Crippen molar-refractivity contribution >= 4 is 39.7 Å². The van der Waals surface area contributed by atoms with Gasteiger partial charge in [-0.1, -0.05) is 4.49 Å². The molecule has 1 unspecified atom stereocenters.